The number of amides is 2. The molecule has 0 unspecified atom stereocenters. The van der Waals surface area contributed by atoms with E-state index in [2.05, 4.69) is 0 Å². The fourth-order valence-electron chi connectivity index (χ4n) is 2.84. The maximum Gasteiger partial charge on any atom is 0.409 e. The van der Waals surface area contributed by atoms with Crippen molar-refractivity contribution in [3.8, 4) is 0 Å². The number of thiophene rings is 1. The minimum atomic E-state index is -0.356. The first kappa shape index (κ1) is 21.1. The predicted octanol–water partition coefficient (Wildman–Crippen LogP) is 2.67. The second-order valence-electron chi connectivity index (χ2n) is 6.44. The van der Waals surface area contributed by atoms with E-state index in [1.165, 1.54) is 11.3 Å². The highest BCUT2D eigenvalue weighted by molar-refractivity contribution is 7.14. The van der Waals surface area contributed by atoms with Gasteiger partial charge in [0, 0.05) is 56.7 Å². The number of nitrogens with zero attached hydrogens (tertiary/aromatic N) is 2. The smallest absolute Gasteiger partial charge is 0.409 e. The maximum absolute atomic E-state index is 12.2. The summed E-state index contributed by atoms with van der Waals surface area (Å²) in [6.45, 7) is 5.79. The van der Waals surface area contributed by atoms with E-state index < -0.39 is 0 Å². The molecular weight excluding hydrogens is 368 g/mol. The Morgan fingerprint density at radius 1 is 0.963 bits per heavy atom. The lowest BCUT2D eigenvalue weighted by atomic mass is 10.1. The van der Waals surface area contributed by atoms with Crippen LogP contribution >= 0.6 is 11.3 Å². The summed E-state index contributed by atoms with van der Waals surface area (Å²) in [6, 6.07) is 3.67. The summed E-state index contributed by atoms with van der Waals surface area (Å²) >= 11 is 1.43. The summed E-state index contributed by atoms with van der Waals surface area (Å²) in [5.41, 5.74) is 0. The van der Waals surface area contributed by atoms with Gasteiger partial charge in [0.1, 0.15) is 5.78 Å². The molecule has 148 valence electrons. The van der Waals surface area contributed by atoms with Crippen LogP contribution in [0.3, 0.4) is 0 Å². The summed E-state index contributed by atoms with van der Waals surface area (Å²) in [4.78, 5) is 52.9. The van der Waals surface area contributed by atoms with E-state index in [1.54, 1.807) is 22.8 Å². The molecule has 8 heteroatoms. The van der Waals surface area contributed by atoms with Crippen molar-refractivity contribution in [3.63, 3.8) is 0 Å². The van der Waals surface area contributed by atoms with Gasteiger partial charge in [-0.3, -0.25) is 14.4 Å². The third kappa shape index (κ3) is 6.46. The molecular formula is C19H26N2O5S. The Labute approximate surface area is 163 Å². The maximum atomic E-state index is 12.2. The average Bonchev–Trinajstić information content (AvgIpc) is 3.11. The minimum absolute atomic E-state index is 0.0251. The number of hydrogen-bond acceptors (Lipinski definition) is 6. The zero-order valence-corrected chi connectivity index (χ0v) is 16.7. The van der Waals surface area contributed by atoms with Gasteiger partial charge >= 0.3 is 6.09 Å². The standard InChI is InChI=1S/C19H26N2O5S/c1-3-26-19(25)21-12-10-20(11-13-21)18(24)9-6-15(22)5-7-16(23)17-8-4-14(2)27-17/h4,8H,3,5-7,9-13H2,1-2H3. The fourth-order valence-corrected chi connectivity index (χ4v) is 3.68. The summed E-state index contributed by atoms with van der Waals surface area (Å²) in [5, 5.41) is 0. The second kappa shape index (κ2) is 10.2. The quantitative estimate of drug-likeness (QED) is 0.633. The third-order valence-corrected chi connectivity index (χ3v) is 5.46. The predicted molar refractivity (Wildman–Crippen MR) is 102 cm³/mol. The number of hydrogen-bond donors (Lipinski definition) is 0. The van der Waals surface area contributed by atoms with E-state index in [9.17, 15) is 19.2 Å². The topological polar surface area (TPSA) is 84.0 Å². The Kier molecular flexibility index (Phi) is 7.97. The Morgan fingerprint density at radius 3 is 2.19 bits per heavy atom. The van der Waals surface area contributed by atoms with Gasteiger partial charge in [-0.2, -0.15) is 0 Å². The molecule has 0 aromatic carbocycles. The highest BCUT2D eigenvalue weighted by atomic mass is 32.1. The lowest BCUT2D eigenvalue weighted by Crippen LogP contribution is -2.50. The van der Waals surface area contributed by atoms with E-state index in [1.807, 2.05) is 13.0 Å². The van der Waals surface area contributed by atoms with E-state index in [0.717, 1.165) is 4.88 Å². The van der Waals surface area contributed by atoms with Gasteiger partial charge in [0.05, 0.1) is 11.5 Å². The molecule has 0 N–H and O–H groups in total. The molecule has 27 heavy (non-hydrogen) atoms. The first-order chi connectivity index (χ1) is 12.9. The molecule has 1 aromatic heterocycles. The van der Waals surface area contributed by atoms with Gasteiger partial charge in [0.2, 0.25) is 5.91 Å². The van der Waals surface area contributed by atoms with Gasteiger partial charge in [-0.05, 0) is 26.0 Å². The van der Waals surface area contributed by atoms with Gasteiger partial charge in [-0.25, -0.2) is 4.79 Å². The number of aryl methyl sites for hydroxylation is 1. The molecule has 1 aromatic rings. The van der Waals surface area contributed by atoms with Crippen LogP contribution in [0.2, 0.25) is 0 Å². The molecule has 1 saturated heterocycles. The number of piperazine rings is 1. The highest BCUT2D eigenvalue weighted by Gasteiger charge is 2.25. The van der Waals surface area contributed by atoms with E-state index in [4.69, 9.17) is 4.74 Å². The zero-order chi connectivity index (χ0) is 19.8. The Hall–Kier alpha value is -2.22. The number of ketones is 2. The molecule has 0 aliphatic carbocycles. The van der Waals surface area contributed by atoms with Crippen LogP contribution in [-0.4, -0.2) is 66.2 Å². The Balaban J connectivity index is 1.66. The average molecular weight is 394 g/mol. The molecule has 2 rings (SSSR count). The molecule has 0 radical (unpaired) electrons. The van der Waals surface area contributed by atoms with Crippen molar-refractivity contribution in [2.24, 2.45) is 0 Å². The number of Topliss-reactive ketones (excluding diaryl/α,β-unsaturated/α-hetero) is 2. The van der Waals surface area contributed by atoms with Crippen LogP contribution in [0.25, 0.3) is 0 Å². The molecule has 2 heterocycles. The van der Waals surface area contributed by atoms with Crippen molar-refractivity contribution >= 4 is 34.9 Å². The van der Waals surface area contributed by atoms with E-state index in [0.29, 0.717) is 37.7 Å². The van der Waals surface area contributed by atoms with Crippen LogP contribution in [0.15, 0.2) is 12.1 Å². The molecule has 1 aliphatic rings. The molecule has 0 atom stereocenters. The molecule has 0 bridgehead atoms. The Bertz CT molecular complexity index is 692. The largest absolute Gasteiger partial charge is 0.450 e. The molecule has 2 amide bonds. The van der Waals surface area contributed by atoms with Gasteiger partial charge in [-0.15, -0.1) is 11.3 Å². The number of carbonyl (C=O) groups is 4. The first-order valence-corrected chi connectivity index (χ1v) is 10.0. The molecule has 1 fully saturated rings. The summed E-state index contributed by atoms with van der Waals surface area (Å²) in [7, 11) is 0. The monoisotopic (exact) mass is 394 g/mol. The van der Waals surface area contributed by atoms with E-state index >= 15 is 0 Å². The Morgan fingerprint density at radius 2 is 1.59 bits per heavy atom. The van der Waals surface area contributed by atoms with Crippen molar-refractivity contribution < 1.29 is 23.9 Å². The van der Waals surface area contributed by atoms with Gasteiger partial charge in [0.25, 0.3) is 0 Å². The van der Waals surface area contributed by atoms with Crippen molar-refractivity contribution in [3.05, 3.63) is 21.9 Å². The minimum Gasteiger partial charge on any atom is -0.450 e. The molecule has 7 nitrogen and oxygen atoms in total. The van der Waals surface area contributed by atoms with Crippen LogP contribution in [0, 0.1) is 6.92 Å². The van der Waals surface area contributed by atoms with Crippen LogP contribution in [-0.2, 0) is 14.3 Å². The SMILES string of the molecule is CCOC(=O)N1CCN(C(=O)CCC(=O)CCC(=O)c2ccc(C)s2)CC1. The van der Waals surface area contributed by atoms with E-state index in [-0.39, 0.29) is 49.3 Å². The highest BCUT2D eigenvalue weighted by Crippen LogP contribution is 2.18. The number of rotatable bonds is 8. The molecule has 0 spiro atoms. The second-order valence-corrected chi connectivity index (χ2v) is 7.73. The summed E-state index contributed by atoms with van der Waals surface area (Å²) in [6.07, 6.45) is 0.286. The molecule has 0 saturated carbocycles. The van der Waals surface area contributed by atoms with Gasteiger partial charge in [0.15, 0.2) is 5.78 Å². The van der Waals surface area contributed by atoms with Crippen molar-refractivity contribution in [2.45, 2.75) is 39.5 Å². The summed E-state index contributed by atoms with van der Waals surface area (Å²) < 4.78 is 4.95. The van der Waals surface area contributed by atoms with Crippen LogP contribution in [0.1, 0.15) is 47.2 Å². The van der Waals surface area contributed by atoms with Crippen LogP contribution in [0.4, 0.5) is 4.79 Å². The lowest BCUT2D eigenvalue weighted by Gasteiger charge is -2.34. The lowest BCUT2D eigenvalue weighted by molar-refractivity contribution is -0.134. The molecule has 1 aliphatic heterocycles. The van der Waals surface area contributed by atoms with Crippen molar-refractivity contribution in [2.75, 3.05) is 32.8 Å². The zero-order valence-electron chi connectivity index (χ0n) is 15.9. The third-order valence-electron chi connectivity index (χ3n) is 4.42. The van der Waals surface area contributed by atoms with Crippen molar-refractivity contribution in [1.29, 1.82) is 0 Å². The van der Waals surface area contributed by atoms with Crippen molar-refractivity contribution in [1.82, 2.24) is 9.80 Å². The first-order valence-electron chi connectivity index (χ1n) is 9.21. The van der Waals surface area contributed by atoms with Crippen LogP contribution in [0.5, 0.6) is 0 Å². The number of carbonyl (C=O) groups excluding carboxylic acids is 4. The fraction of sp³-hybridized carbons (Fsp3) is 0.579. The van der Waals surface area contributed by atoms with Gasteiger partial charge < -0.3 is 14.5 Å². The summed E-state index contributed by atoms with van der Waals surface area (Å²) in [5.74, 6) is -0.190. The number of ether oxygens (including phenoxy) is 1. The van der Waals surface area contributed by atoms with Crippen LogP contribution < -0.4 is 0 Å². The van der Waals surface area contributed by atoms with Gasteiger partial charge in [-0.1, -0.05) is 0 Å². The normalized spacial score (nSPS) is 14.1.